The van der Waals surface area contributed by atoms with Crippen molar-refractivity contribution in [3.05, 3.63) is 59.2 Å². The summed E-state index contributed by atoms with van der Waals surface area (Å²) in [6.07, 6.45) is 3.33. The van der Waals surface area contributed by atoms with E-state index in [-0.39, 0.29) is 24.4 Å². The van der Waals surface area contributed by atoms with Crippen molar-refractivity contribution in [2.24, 2.45) is 5.73 Å². The van der Waals surface area contributed by atoms with Crippen molar-refractivity contribution >= 4 is 18.3 Å². The average Bonchev–Trinajstić information content (AvgIpc) is 2.71. The highest BCUT2D eigenvalue weighted by molar-refractivity contribution is 5.94. The van der Waals surface area contributed by atoms with Gasteiger partial charge in [-0.15, -0.1) is 12.4 Å². The number of amides is 1. The Balaban J connectivity index is 0.00000392. The standard InChI is InChI=1S/C22H30N2O3.ClH/c1-4-5-6-13-27-20-12-11-19(14-21(20)26-3)16(2)24-22(25)18-9-7-17(15-23)8-10-18;/h7-12,14,16H,4-6,13,15,23H2,1-3H3,(H,24,25);1H. The third kappa shape index (κ3) is 6.73. The number of nitrogens with two attached hydrogens (primary N) is 1. The normalized spacial score (nSPS) is 11.3. The van der Waals surface area contributed by atoms with Gasteiger partial charge in [0.05, 0.1) is 19.8 Å². The van der Waals surface area contributed by atoms with Crippen molar-refractivity contribution in [3.63, 3.8) is 0 Å². The van der Waals surface area contributed by atoms with Gasteiger partial charge in [0.25, 0.3) is 5.91 Å². The van der Waals surface area contributed by atoms with Gasteiger partial charge < -0.3 is 20.5 Å². The van der Waals surface area contributed by atoms with Crippen LogP contribution in [0, 0.1) is 0 Å². The molecule has 0 saturated carbocycles. The minimum atomic E-state index is -0.158. The number of hydrogen-bond acceptors (Lipinski definition) is 4. The Kier molecular flexibility index (Phi) is 10.4. The minimum absolute atomic E-state index is 0. The van der Waals surface area contributed by atoms with Crippen LogP contribution in [0.4, 0.5) is 0 Å². The summed E-state index contributed by atoms with van der Waals surface area (Å²) in [5.74, 6) is 1.29. The zero-order chi connectivity index (χ0) is 19.6. The molecule has 1 unspecified atom stereocenters. The Morgan fingerprint density at radius 1 is 1.11 bits per heavy atom. The SMILES string of the molecule is CCCCCOc1ccc(C(C)NC(=O)c2ccc(CN)cc2)cc1OC.Cl. The Morgan fingerprint density at radius 2 is 1.82 bits per heavy atom. The number of carbonyl (C=O) groups is 1. The Bertz CT molecular complexity index is 735. The number of carbonyl (C=O) groups excluding carboxylic acids is 1. The van der Waals surface area contributed by atoms with Crippen LogP contribution in [0.2, 0.25) is 0 Å². The summed E-state index contributed by atoms with van der Waals surface area (Å²) >= 11 is 0. The third-order valence-corrected chi connectivity index (χ3v) is 4.49. The summed E-state index contributed by atoms with van der Waals surface area (Å²) in [6.45, 7) is 5.25. The fraction of sp³-hybridized carbons (Fsp3) is 0.409. The van der Waals surface area contributed by atoms with Gasteiger partial charge >= 0.3 is 0 Å². The fourth-order valence-corrected chi connectivity index (χ4v) is 2.76. The number of ether oxygens (including phenoxy) is 2. The summed E-state index contributed by atoms with van der Waals surface area (Å²) in [4.78, 5) is 12.5. The highest BCUT2D eigenvalue weighted by atomic mass is 35.5. The maximum atomic E-state index is 12.5. The van der Waals surface area contributed by atoms with Gasteiger partial charge in [-0.1, -0.05) is 38.0 Å². The van der Waals surface area contributed by atoms with E-state index in [9.17, 15) is 4.79 Å². The molecular weight excluding hydrogens is 376 g/mol. The summed E-state index contributed by atoms with van der Waals surface area (Å²) < 4.78 is 11.3. The van der Waals surface area contributed by atoms with E-state index < -0.39 is 0 Å². The van der Waals surface area contributed by atoms with E-state index in [1.807, 2.05) is 37.3 Å². The molecule has 0 aromatic heterocycles. The number of hydrogen-bond donors (Lipinski definition) is 2. The molecule has 1 atom stereocenters. The first kappa shape index (κ1) is 23.8. The fourth-order valence-electron chi connectivity index (χ4n) is 2.76. The number of halogens is 1. The van der Waals surface area contributed by atoms with Crippen molar-refractivity contribution in [2.45, 2.75) is 45.7 Å². The van der Waals surface area contributed by atoms with Gasteiger partial charge in [-0.05, 0) is 48.7 Å². The first-order valence-corrected chi connectivity index (χ1v) is 9.49. The van der Waals surface area contributed by atoms with E-state index in [1.165, 1.54) is 0 Å². The van der Waals surface area contributed by atoms with E-state index in [4.69, 9.17) is 15.2 Å². The van der Waals surface area contributed by atoms with Gasteiger partial charge in [0.2, 0.25) is 0 Å². The van der Waals surface area contributed by atoms with E-state index in [0.29, 0.717) is 24.5 Å². The van der Waals surface area contributed by atoms with Crippen LogP contribution in [-0.4, -0.2) is 19.6 Å². The highest BCUT2D eigenvalue weighted by Gasteiger charge is 2.14. The molecule has 5 nitrogen and oxygen atoms in total. The molecule has 0 aliphatic carbocycles. The van der Waals surface area contributed by atoms with E-state index in [2.05, 4.69) is 12.2 Å². The average molecular weight is 407 g/mol. The summed E-state index contributed by atoms with van der Waals surface area (Å²) in [5.41, 5.74) is 8.16. The second kappa shape index (κ2) is 12.3. The monoisotopic (exact) mass is 406 g/mol. The molecule has 0 heterocycles. The second-order valence-electron chi connectivity index (χ2n) is 6.56. The maximum absolute atomic E-state index is 12.5. The van der Waals surface area contributed by atoms with Crippen molar-refractivity contribution in [2.75, 3.05) is 13.7 Å². The van der Waals surface area contributed by atoms with Crippen molar-refractivity contribution in [1.29, 1.82) is 0 Å². The van der Waals surface area contributed by atoms with E-state index in [1.54, 1.807) is 19.2 Å². The lowest BCUT2D eigenvalue weighted by Gasteiger charge is -2.17. The minimum Gasteiger partial charge on any atom is -0.493 e. The van der Waals surface area contributed by atoms with Crippen molar-refractivity contribution in [1.82, 2.24) is 5.32 Å². The second-order valence-corrected chi connectivity index (χ2v) is 6.56. The van der Waals surface area contributed by atoms with Crippen LogP contribution >= 0.6 is 12.4 Å². The van der Waals surface area contributed by atoms with Gasteiger partial charge in [-0.3, -0.25) is 4.79 Å². The number of methoxy groups -OCH3 is 1. The first-order chi connectivity index (χ1) is 13.1. The predicted octanol–water partition coefficient (Wildman–Crippen LogP) is 4.64. The lowest BCUT2D eigenvalue weighted by Crippen LogP contribution is -2.26. The molecule has 2 aromatic carbocycles. The molecule has 0 radical (unpaired) electrons. The molecule has 6 heteroatoms. The Labute approximate surface area is 174 Å². The summed E-state index contributed by atoms with van der Waals surface area (Å²) in [7, 11) is 1.63. The Hall–Kier alpha value is -2.24. The van der Waals surface area contributed by atoms with Gasteiger partial charge in [0.1, 0.15) is 0 Å². The number of benzene rings is 2. The molecule has 154 valence electrons. The molecule has 0 fully saturated rings. The quantitative estimate of drug-likeness (QED) is 0.564. The van der Waals surface area contributed by atoms with Crippen LogP contribution < -0.4 is 20.5 Å². The number of rotatable bonds is 10. The summed E-state index contributed by atoms with van der Waals surface area (Å²) in [5, 5.41) is 3.01. The van der Waals surface area contributed by atoms with Crippen LogP contribution in [-0.2, 0) is 6.54 Å². The Morgan fingerprint density at radius 3 is 2.43 bits per heavy atom. The zero-order valence-electron chi connectivity index (χ0n) is 16.9. The van der Waals surface area contributed by atoms with Gasteiger partial charge in [0, 0.05) is 12.1 Å². The topological polar surface area (TPSA) is 73.6 Å². The van der Waals surface area contributed by atoms with Crippen LogP contribution in [0.15, 0.2) is 42.5 Å². The van der Waals surface area contributed by atoms with E-state index in [0.717, 1.165) is 36.1 Å². The molecule has 1 amide bonds. The largest absolute Gasteiger partial charge is 0.493 e. The van der Waals surface area contributed by atoms with Crippen LogP contribution in [0.25, 0.3) is 0 Å². The van der Waals surface area contributed by atoms with Crippen molar-refractivity contribution in [3.8, 4) is 11.5 Å². The lowest BCUT2D eigenvalue weighted by molar-refractivity contribution is 0.0940. The number of unbranched alkanes of at least 4 members (excludes halogenated alkanes) is 2. The van der Waals surface area contributed by atoms with Gasteiger partial charge in [0.15, 0.2) is 11.5 Å². The lowest BCUT2D eigenvalue weighted by atomic mass is 10.1. The number of nitrogens with one attached hydrogen (secondary N) is 1. The van der Waals surface area contributed by atoms with Crippen molar-refractivity contribution < 1.29 is 14.3 Å². The van der Waals surface area contributed by atoms with Crippen LogP contribution in [0.3, 0.4) is 0 Å². The molecule has 3 N–H and O–H groups in total. The van der Waals surface area contributed by atoms with Crippen LogP contribution in [0.5, 0.6) is 11.5 Å². The zero-order valence-corrected chi connectivity index (χ0v) is 17.7. The molecule has 0 aliphatic rings. The third-order valence-electron chi connectivity index (χ3n) is 4.49. The molecule has 0 spiro atoms. The molecular formula is C22H31ClN2O3. The molecule has 2 rings (SSSR count). The van der Waals surface area contributed by atoms with Gasteiger partial charge in [-0.25, -0.2) is 0 Å². The molecule has 0 bridgehead atoms. The summed E-state index contributed by atoms with van der Waals surface area (Å²) in [6, 6.07) is 12.9. The van der Waals surface area contributed by atoms with Crippen LogP contribution in [0.1, 0.15) is 60.6 Å². The molecule has 28 heavy (non-hydrogen) atoms. The highest BCUT2D eigenvalue weighted by Crippen LogP contribution is 2.30. The first-order valence-electron chi connectivity index (χ1n) is 9.49. The van der Waals surface area contributed by atoms with E-state index >= 15 is 0 Å². The van der Waals surface area contributed by atoms with Gasteiger partial charge in [-0.2, -0.15) is 0 Å². The smallest absolute Gasteiger partial charge is 0.251 e. The molecule has 0 aliphatic heterocycles. The maximum Gasteiger partial charge on any atom is 0.251 e. The molecule has 2 aromatic rings. The predicted molar refractivity (Wildman–Crippen MR) is 115 cm³/mol. The molecule has 0 saturated heterocycles.